The van der Waals surface area contributed by atoms with Crippen molar-refractivity contribution in [2.24, 2.45) is 0 Å². The normalized spacial score (nSPS) is 9.94. The van der Waals surface area contributed by atoms with E-state index >= 15 is 0 Å². The van der Waals surface area contributed by atoms with E-state index in [-0.39, 0.29) is 5.56 Å². The van der Waals surface area contributed by atoms with Crippen LogP contribution < -0.4 is 5.32 Å². The van der Waals surface area contributed by atoms with Gasteiger partial charge in [0.1, 0.15) is 17.4 Å². The van der Waals surface area contributed by atoms with E-state index in [4.69, 9.17) is 10.00 Å². The molecule has 1 aromatic carbocycles. The zero-order valence-electron chi connectivity index (χ0n) is 10.0. The fourth-order valence-electron chi connectivity index (χ4n) is 1.39. The van der Waals surface area contributed by atoms with Crippen LogP contribution in [0.1, 0.15) is 25.3 Å². The summed E-state index contributed by atoms with van der Waals surface area (Å²) in [5.74, 6) is -0.496. The Morgan fingerprint density at radius 3 is 2.94 bits per heavy atom. The van der Waals surface area contributed by atoms with Gasteiger partial charge in [0.2, 0.25) is 0 Å². The van der Waals surface area contributed by atoms with Gasteiger partial charge in [0, 0.05) is 13.2 Å². The molecule has 0 aliphatic heterocycles. The summed E-state index contributed by atoms with van der Waals surface area (Å²) in [4.78, 5) is 0. The molecule has 0 unspecified atom stereocenters. The second-order valence-corrected chi connectivity index (χ2v) is 3.67. The average Bonchev–Trinajstić information content (AvgIpc) is 2.34. The van der Waals surface area contributed by atoms with Crippen LogP contribution in [0.3, 0.4) is 0 Å². The predicted octanol–water partition coefficient (Wildman–Crippen LogP) is 2.93. The SMILES string of the molecule is CCCCOCCNc1cccc(F)c1C#N. The van der Waals surface area contributed by atoms with Gasteiger partial charge in [0.05, 0.1) is 12.3 Å². The molecule has 0 fully saturated rings. The van der Waals surface area contributed by atoms with Crippen LogP contribution in [0.4, 0.5) is 10.1 Å². The lowest BCUT2D eigenvalue weighted by Gasteiger charge is -2.08. The van der Waals surface area contributed by atoms with Gasteiger partial charge in [-0.1, -0.05) is 19.4 Å². The lowest BCUT2D eigenvalue weighted by molar-refractivity contribution is 0.141. The number of hydrogen-bond donors (Lipinski definition) is 1. The molecular formula is C13H17FN2O. The predicted molar refractivity (Wildman–Crippen MR) is 65.3 cm³/mol. The summed E-state index contributed by atoms with van der Waals surface area (Å²) in [5, 5.41) is 11.8. The molecule has 4 heteroatoms. The molecule has 3 nitrogen and oxygen atoms in total. The molecule has 0 heterocycles. The lowest BCUT2D eigenvalue weighted by Crippen LogP contribution is -2.11. The van der Waals surface area contributed by atoms with Crippen molar-refractivity contribution in [2.75, 3.05) is 25.1 Å². The summed E-state index contributed by atoms with van der Waals surface area (Å²) >= 11 is 0. The second kappa shape index (κ2) is 7.64. The molecule has 0 radical (unpaired) electrons. The van der Waals surface area contributed by atoms with Gasteiger partial charge < -0.3 is 10.1 Å². The third-order valence-corrected chi connectivity index (χ3v) is 2.33. The Hall–Kier alpha value is -1.60. The quantitative estimate of drug-likeness (QED) is 0.740. The van der Waals surface area contributed by atoms with Crippen LogP contribution in [-0.2, 0) is 4.74 Å². The molecule has 0 aliphatic rings. The third kappa shape index (κ3) is 4.41. The van der Waals surface area contributed by atoms with Gasteiger partial charge in [-0.3, -0.25) is 0 Å². The number of halogens is 1. The highest BCUT2D eigenvalue weighted by Crippen LogP contribution is 2.17. The highest BCUT2D eigenvalue weighted by molar-refractivity contribution is 5.57. The van der Waals surface area contributed by atoms with Crippen LogP contribution in [0.25, 0.3) is 0 Å². The molecule has 1 rings (SSSR count). The van der Waals surface area contributed by atoms with E-state index in [1.54, 1.807) is 12.1 Å². The Kier molecular flexibility index (Phi) is 6.05. The van der Waals surface area contributed by atoms with Gasteiger partial charge >= 0.3 is 0 Å². The Labute approximate surface area is 101 Å². The maximum absolute atomic E-state index is 13.2. The molecule has 17 heavy (non-hydrogen) atoms. The molecule has 1 N–H and O–H groups in total. The number of anilines is 1. The first-order valence-electron chi connectivity index (χ1n) is 5.79. The standard InChI is InChI=1S/C13H17FN2O/c1-2-3-8-17-9-7-16-13-6-4-5-12(14)11(13)10-15/h4-6,16H,2-3,7-9H2,1H3. The smallest absolute Gasteiger partial charge is 0.143 e. The fraction of sp³-hybridized carbons (Fsp3) is 0.462. The van der Waals surface area contributed by atoms with Crippen molar-refractivity contribution >= 4 is 5.69 Å². The molecule has 0 atom stereocenters. The Morgan fingerprint density at radius 2 is 2.24 bits per heavy atom. The highest BCUT2D eigenvalue weighted by Gasteiger charge is 2.06. The van der Waals surface area contributed by atoms with Crippen LogP contribution in [0.5, 0.6) is 0 Å². The zero-order chi connectivity index (χ0) is 12.5. The van der Waals surface area contributed by atoms with Crippen molar-refractivity contribution in [3.05, 3.63) is 29.6 Å². The summed E-state index contributed by atoms with van der Waals surface area (Å²) in [7, 11) is 0. The number of benzene rings is 1. The molecule has 0 bridgehead atoms. The summed E-state index contributed by atoms with van der Waals surface area (Å²) in [6, 6.07) is 6.39. The van der Waals surface area contributed by atoms with Crippen molar-refractivity contribution in [1.82, 2.24) is 0 Å². The fourth-order valence-corrected chi connectivity index (χ4v) is 1.39. The Morgan fingerprint density at radius 1 is 1.41 bits per heavy atom. The first-order chi connectivity index (χ1) is 8.29. The van der Waals surface area contributed by atoms with E-state index in [2.05, 4.69) is 12.2 Å². The number of unbranched alkanes of at least 4 members (excludes halogenated alkanes) is 1. The summed E-state index contributed by atoms with van der Waals surface area (Å²) < 4.78 is 18.6. The monoisotopic (exact) mass is 236 g/mol. The molecule has 0 aliphatic carbocycles. The topological polar surface area (TPSA) is 45.0 Å². The highest BCUT2D eigenvalue weighted by atomic mass is 19.1. The number of rotatable bonds is 7. The van der Waals surface area contributed by atoms with E-state index in [9.17, 15) is 4.39 Å². The Balaban J connectivity index is 2.37. The number of nitriles is 1. The van der Waals surface area contributed by atoms with E-state index in [0.29, 0.717) is 18.8 Å². The minimum Gasteiger partial charge on any atom is -0.382 e. The van der Waals surface area contributed by atoms with Crippen LogP contribution in [0.2, 0.25) is 0 Å². The number of nitrogens with zero attached hydrogens (tertiary/aromatic N) is 1. The van der Waals surface area contributed by atoms with E-state index in [1.165, 1.54) is 6.07 Å². The van der Waals surface area contributed by atoms with Crippen molar-refractivity contribution in [3.8, 4) is 6.07 Å². The largest absolute Gasteiger partial charge is 0.382 e. The third-order valence-electron chi connectivity index (χ3n) is 2.33. The van der Waals surface area contributed by atoms with Crippen molar-refractivity contribution in [2.45, 2.75) is 19.8 Å². The van der Waals surface area contributed by atoms with E-state index in [0.717, 1.165) is 19.4 Å². The lowest BCUT2D eigenvalue weighted by atomic mass is 10.2. The first kappa shape index (κ1) is 13.5. The van der Waals surface area contributed by atoms with Crippen LogP contribution in [-0.4, -0.2) is 19.8 Å². The minimum atomic E-state index is -0.496. The van der Waals surface area contributed by atoms with Crippen LogP contribution in [0, 0.1) is 17.1 Å². The average molecular weight is 236 g/mol. The Bertz CT molecular complexity index is 387. The number of ether oxygens (including phenoxy) is 1. The molecule has 0 saturated carbocycles. The summed E-state index contributed by atoms with van der Waals surface area (Å²) in [5.41, 5.74) is 0.577. The molecule has 0 spiro atoms. The number of nitrogens with one attached hydrogen (secondary N) is 1. The van der Waals surface area contributed by atoms with Crippen molar-refractivity contribution in [3.63, 3.8) is 0 Å². The van der Waals surface area contributed by atoms with Crippen molar-refractivity contribution < 1.29 is 9.13 Å². The first-order valence-corrected chi connectivity index (χ1v) is 5.79. The number of hydrogen-bond acceptors (Lipinski definition) is 3. The van der Waals surface area contributed by atoms with E-state index in [1.807, 2.05) is 6.07 Å². The molecule has 0 amide bonds. The molecule has 92 valence electrons. The van der Waals surface area contributed by atoms with Gasteiger partial charge in [-0.2, -0.15) is 5.26 Å². The van der Waals surface area contributed by atoms with Crippen LogP contribution in [0.15, 0.2) is 18.2 Å². The van der Waals surface area contributed by atoms with E-state index < -0.39 is 5.82 Å². The van der Waals surface area contributed by atoms with Crippen molar-refractivity contribution in [1.29, 1.82) is 5.26 Å². The van der Waals surface area contributed by atoms with Crippen LogP contribution >= 0.6 is 0 Å². The second-order valence-electron chi connectivity index (χ2n) is 3.67. The summed E-state index contributed by atoms with van der Waals surface area (Å²) in [6.07, 6.45) is 2.15. The molecule has 0 saturated heterocycles. The van der Waals surface area contributed by atoms with Gasteiger partial charge in [0.15, 0.2) is 0 Å². The minimum absolute atomic E-state index is 0.0565. The maximum atomic E-state index is 13.2. The maximum Gasteiger partial charge on any atom is 0.143 e. The summed E-state index contributed by atoms with van der Waals surface area (Å²) in [6.45, 7) is 3.98. The molecular weight excluding hydrogens is 219 g/mol. The van der Waals surface area contributed by atoms with Gasteiger partial charge in [-0.05, 0) is 18.6 Å². The zero-order valence-corrected chi connectivity index (χ0v) is 10.0. The molecule has 0 aromatic heterocycles. The van der Waals surface area contributed by atoms with Gasteiger partial charge in [-0.25, -0.2) is 4.39 Å². The van der Waals surface area contributed by atoms with Gasteiger partial charge in [-0.15, -0.1) is 0 Å². The molecule has 1 aromatic rings. The van der Waals surface area contributed by atoms with Gasteiger partial charge in [0.25, 0.3) is 0 Å².